The molecule has 16 heavy (non-hydrogen) atoms. The van der Waals surface area contributed by atoms with Crippen molar-refractivity contribution in [3.05, 3.63) is 0 Å². The van der Waals surface area contributed by atoms with E-state index in [1.807, 2.05) is 20.1 Å². The van der Waals surface area contributed by atoms with Crippen LogP contribution in [0.5, 0.6) is 0 Å². The molecular formula is C11H21NO3S. The molecular weight excluding hydrogens is 226 g/mol. The molecule has 0 aromatic carbocycles. The van der Waals surface area contributed by atoms with Crippen molar-refractivity contribution in [3.8, 4) is 0 Å². The van der Waals surface area contributed by atoms with Crippen molar-refractivity contribution < 1.29 is 14.7 Å². The molecule has 0 aromatic heterocycles. The summed E-state index contributed by atoms with van der Waals surface area (Å²) in [5, 5.41) is 11.6. The number of aliphatic carboxylic acids is 1. The number of thioether (sulfide) groups is 1. The van der Waals surface area contributed by atoms with Crippen molar-refractivity contribution >= 4 is 23.6 Å². The summed E-state index contributed by atoms with van der Waals surface area (Å²) in [5.41, 5.74) is 0. The van der Waals surface area contributed by atoms with Gasteiger partial charge in [-0.2, -0.15) is 11.8 Å². The monoisotopic (exact) mass is 247 g/mol. The number of hydrogen-bond donors (Lipinski definition) is 2. The van der Waals surface area contributed by atoms with Crippen LogP contribution in [0.4, 0.5) is 0 Å². The zero-order valence-corrected chi connectivity index (χ0v) is 11.0. The molecule has 0 rings (SSSR count). The molecule has 0 aliphatic rings. The molecule has 0 fully saturated rings. The van der Waals surface area contributed by atoms with Crippen LogP contribution >= 0.6 is 11.8 Å². The van der Waals surface area contributed by atoms with Crippen molar-refractivity contribution in [3.63, 3.8) is 0 Å². The molecule has 1 amide bonds. The van der Waals surface area contributed by atoms with E-state index in [0.717, 1.165) is 18.6 Å². The number of hydrogen-bond acceptors (Lipinski definition) is 3. The molecule has 0 saturated heterocycles. The molecule has 0 saturated carbocycles. The standard InChI is InChI=1S/C11H21NO3S/c1-4-8(2)10(11(14)15)12-9(13)6-5-7-16-3/h8,10H,4-7H2,1-3H3,(H,12,13)(H,14,15)/t8-,10-/m0/s1. The van der Waals surface area contributed by atoms with Crippen molar-refractivity contribution in [1.82, 2.24) is 5.32 Å². The summed E-state index contributed by atoms with van der Waals surface area (Å²) in [7, 11) is 0. The highest BCUT2D eigenvalue weighted by Gasteiger charge is 2.24. The van der Waals surface area contributed by atoms with Crippen molar-refractivity contribution in [2.75, 3.05) is 12.0 Å². The molecule has 0 aliphatic carbocycles. The first-order valence-corrected chi connectivity index (χ1v) is 6.93. The van der Waals surface area contributed by atoms with Crippen LogP contribution < -0.4 is 5.32 Å². The first-order valence-electron chi connectivity index (χ1n) is 5.54. The van der Waals surface area contributed by atoms with Gasteiger partial charge in [-0.05, 0) is 24.3 Å². The first kappa shape index (κ1) is 15.3. The van der Waals surface area contributed by atoms with Gasteiger partial charge in [0.25, 0.3) is 0 Å². The van der Waals surface area contributed by atoms with Gasteiger partial charge >= 0.3 is 5.97 Å². The maximum absolute atomic E-state index is 11.5. The van der Waals surface area contributed by atoms with Crippen LogP contribution in [0.1, 0.15) is 33.1 Å². The molecule has 0 radical (unpaired) electrons. The zero-order valence-electron chi connectivity index (χ0n) is 10.2. The average molecular weight is 247 g/mol. The Morgan fingerprint density at radius 3 is 2.50 bits per heavy atom. The summed E-state index contributed by atoms with van der Waals surface area (Å²) >= 11 is 1.68. The van der Waals surface area contributed by atoms with Gasteiger partial charge in [0.2, 0.25) is 5.91 Å². The second-order valence-electron chi connectivity index (χ2n) is 3.87. The molecule has 0 spiro atoms. The van der Waals surface area contributed by atoms with Gasteiger partial charge < -0.3 is 10.4 Å². The summed E-state index contributed by atoms with van der Waals surface area (Å²) in [4.78, 5) is 22.4. The largest absolute Gasteiger partial charge is 0.480 e. The Bertz CT molecular complexity index is 233. The molecule has 0 bridgehead atoms. The fourth-order valence-electron chi connectivity index (χ4n) is 1.31. The van der Waals surface area contributed by atoms with E-state index in [9.17, 15) is 9.59 Å². The van der Waals surface area contributed by atoms with Crippen molar-refractivity contribution in [2.45, 2.75) is 39.2 Å². The van der Waals surface area contributed by atoms with Crippen LogP contribution in [0.15, 0.2) is 0 Å². The molecule has 0 heterocycles. The normalized spacial score (nSPS) is 14.2. The van der Waals surface area contributed by atoms with E-state index in [1.54, 1.807) is 11.8 Å². The number of carbonyl (C=O) groups is 2. The topological polar surface area (TPSA) is 66.4 Å². The van der Waals surface area contributed by atoms with Gasteiger partial charge in [-0.15, -0.1) is 0 Å². The maximum Gasteiger partial charge on any atom is 0.326 e. The van der Waals surface area contributed by atoms with Crippen LogP contribution in [0.25, 0.3) is 0 Å². The Hall–Kier alpha value is -0.710. The lowest BCUT2D eigenvalue weighted by Crippen LogP contribution is -2.44. The van der Waals surface area contributed by atoms with Gasteiger partial charge in [-0.25, -0.2) is 4.79 Å². The zero-order chi connectivity index (χ0) is 12.6. The van der Waals surface area contributed by atoms with Gasteiger partial charge in [0.15, 0.2) is 0 Å². The summed E-state index contributed by atoms with van der Waals surface area (Å²) < 4.78 is 0. The lowest BCUT2D eigenvalue weighted by Gasteiger charge is -2.20. The van der Waals surface area contributed by atoms with Crippen molar-refractivity contribution in [2.24, 2.45) is 5.92 Å². The number of carboxylic acids is 1. The van der Waals surface area contributed by atoms with Gasteiger partial charge in [0.05, 0.1) is 0 Å². The number of nitrogens with one attached hydrogen (secondary N) is 1. The van der Waals surface area contributed by atoms with E-state index in [1.165, 1.54) is 0 Å². The molecule has 2 N–H and O–H groups in total. The smallest absolute Gasteiger partial charge is 0.326 e. The highest BCUT2D eigenvalue weighted by atomic mass is 32.2. The summed E-state index contributed by atoms with van der Waals surface area (Å²) in [5.74, 6) is -0.231. The Balaban J connectivity index is 4.09. The molecule has 2 atom stereocenters. The molecule has 5 heteroatoms. The minimum Gasteiger partial charge on any atom is -0.480 e. The van der Waals surface area contributed by atoms with Crippen LogP contribution in [0.3, 0.4) is 0 Å². The molecule has 0 unspecified atom stereocenters. The van der Waals surface area contributed by atoms with Gasteiger partial charge in [-0.3, -0.25) is 4.79 Å². The fraction of sp³-hybridized carbons (Fsp3) is 0.818. The van der Waals surface area contributed by atoms with Crippen molar-refractivity contribution in [1.29, 1.82) is 0 Å². The average Bonchev–Trinajstić information content (AvgIpc) is 2.25. The van der Waals surface area contributed by atoms with Crippen LogP contribution in [-0.2, 0) is 9.59 Å². The molecule has 4 nitrogen and oxygen atoms in total. The Labute approximate surface area is 101 Å². The summed E-state index contributed by atoms with van der Waals surface area (Å²) in [6, 6.07) is -0.758. The SMILES string of the molecule is CC[C@H](C)[C@H](NC(=O)CCCSC)C(=O)O. The number of amides is 1. The third-order valence-electron chi connectivity index (χ3n) is 2.55. The second kappa shape index (κ2) is 8.44. The number of rotatable bonds is 8. The Morgan fingerprint density at radius 2 is 2.06 bits per heavy atom. The predicted molar refractivity (Wildman–Crippen MR) is 66.6 cm³/mol. The molecule has 94 valence electrons. The maximum atomic E-state index is 11.5. The van der Waals surface area contributed by atoms with E-state index in [2.05, 4.69) is 5.32 Å². The lowest BCUT2D eigenvalue weighted by molar-refractivity contribution is -0.143. The molecule has 0 aromatic rings. The van der Waals surface area contributed by atoms with E-state index in [0.29, 0.717) is 6.42 Å². The van der Waals surface area contributed by atoms with Crippen LogP contribution in [0, 0.1) is 5.92 Å². The Kier molecular flexibility index (Phi) is 8.07. The third kappa shape index (κ3) is 6.00. The highest BCUT2D eigenvalue weighted by molar-refractivity contribution is 7.98. The summed E-state index contributed by atoms with van der Waals surface area (Å²) in [6.07, 6.45) is 3.92. The third-order valence-corrected chi connectivity index (χ3v) is 3.24. The fourth-order valence-corrected chi connectivity index (χ4v) is 1.74. The van der Waals surface area contributed by atoms with E-state index in [-0.39, 0.29) is 11.8 Å². The van der Waals surface area contributed by atoms with Gasteiger partial charge in [-0.1, -0.05) is 20.3 Å². The summed E-state index contributed by atoms with van der Waals surface area (Å²) in [6.45, 7) is 3.75. The second-order valence-corrected chi connectivity index (χ2v) is 4.85. The number of carbonyl (C=O) groups excluding carboxylic acids is 1. The van der Waals surface area contributed by atoms with Crippen LogP contribution in [0.2, 0.25) is 0 Å². The van der Waals surface area contributed by atoms with Crippen LogP contribution in [-0.4, -0.2) is 35.0 Å². The van der Waals surface area contributed by atoms with E-state index in [4.69, 9.17) is 5.11 Å². The lowest BCUT2D eigenvalue weighted by atomic mass is 9.99. The minimum absolute atomic E-state index is 0.0398. The first-order chi connectivity index (χ1) is 7.52. The quantitative estimate of drug-likeness (QED) is 0.641. The van der Waals surface area contributed by atoms with Gasteiger partial charge in [0, 0.05) is 6.42 Å². The van der Waals surface area contributed by atoms with E-state index >= 15 is 0 Å². The number of carboxylic acid groups (broad SMARTS) is 1. The molecule has 0 aliphatic heterocycles. The highest BCUT2D eigenvalue weighted by Crippen LogP contribution is 2.08. The Morgan fingerprint density at radius 1 is 1.44 bits per heavy atom. The van der Waals surface area contributed by atoms with Gasteiger partial charge in [0.1, 0.15) is 6.04 Å². The minimum atomic E-state index is -0.951. The van der Waals surface area contributed by atoms with E-state index < -0.39 is 12.0 Å². The predicted octanol–water partition coefficient (Wildman–Crippen LogP) is 1.75.